The minimum absolute atomic E-state index is 0. The maximum atomic E-state index is 11.6. The summed E-state index contributed by atoms with van der Waals surface area (Å²) in [6.45, 7) is 7.50. The van der Waals surface area contributed by atoms with Crippen molar-refractivity contribution in [1.29, 1.82) is 0 Å². The largest absolute Gasteiger partial charge is 1.00 e. The van der Waals surface area contributed by atoms with Gasteiger partial charge in [0.1, 0.15) is 0 Å². The standard InChI is InChI=1S/C13H26N3O.Rb/c1-11(2)4-3-7-15-13(17)10-16-8-5-12(14)6-9-16;/h11-12,14H,3-10H2,1-2H3,(H,15,17);/q-1;+1. The molecule has 1 amide bonds. The van der Waals surface area contributed by atoms with Crippen LogP contribution in [0.4, 0.5) is 0 Å². The number of hydrogen-bond acceptors (Lipinski definition) is 2. The second kappa shape index (κ2) is 10.9. The van der Waals surface area contributed by atoms with E-state index in [0.717, 1.165) is 38.9 Å². The first-order valence-electron chi connectivity index (χ1n) is 6.78. The first kappa shape index (κ1) is 19.2. The molecular weight excluding hydrogens is 300 g/mol. The Morgan fingerprint density at radius 3 is 2.56 bits per heavy atom. The van der Waals surface area contributed by atoms with Gasteiger partial charge in [0, 0.05) is 6.54 Å². The van der Waals surface area contributed by atoms with Crippen LogP contribution in [0.25, 0.3) is 5.73 Å². The molecule has 18 heavy (non-hydrogen) atoms. The van der Waals surface area contributed by atoms with E-state index in [2.05, 4.69) is 24.1 Å². The second-order valence-corrected chi connectivity index (χ2v) is 5.44. The average Bonchev–Trinajstić information content (AvgIpc) is 2.27. The van der Waals surface area contributed by atoms with Crippen LogP contribution in [-0.2, 0) is 4.79 Å². The van der Waals surface area contributed by atoms with Gasteiger partial charge in [-0.3, -0.25) is 9.69 Å². The number of carbonyl (C=O) groups excluding carboxylic acids is 1. The molecule has 1 aliphatic rings. The van der Waals surface area contributed by atoms with Crippen molar-refractivity contribution in [2.45, 2.75) is 45.6 Å². The molecule has 100 valence electrons. The minimum Gasteiger partial charge on any atom is -0.675 e. The van der Waals surface area contributed by atoms with Gasteiger partial charge in [0.25, 0.3) is 0 Å². The normalized spacial score (nSPS) is 17.6. The van der Waals surface area contributed by atoms with E-state index in [9.17, 15) is 4.79 Å². The Morgan fingerprint density at radius 2 is 2.00 bits per heavy atom. The Hall–Kier alpha value is 1.20. The van der Waals surface area contributed by atoms with Crippen molar-refractivity contribution in [2.24, 2.45) is 5.92 Å². The predicted molar refractivity (Wildman–Crippen MR) is 70.9 cm³/mol. The number of hydrogen-bond donors (Lipinski definition) is 1. The van der Waals surface area contributed by atoms with Gasteiger partial charge in [0.15, 0.2) is 0 Å². The number of piperidine rings is 1. The zero-order valence-corrected chi connectivity index (χ0v) is 17.1. The van der Waals surface area contributed by atoms with Gasteiger partial charge in [-0.2, -0.15) is 0 Å². The number of likely N-dealkylation sites (tertiary alicyclic amines) is 1. The van der Waals surface area contributed by atoms with Gasteiger partial charge in [-0.25, -0.2) is 0 Å². The number of rotatable bonds is 6. The van der Waals surface area contributed by atoms with Gasteiger partial charge >= 0.3 is 58.2 Å². The summed E-state index contributed by atoms with van der Waals surface area (Å²) in [6.07, 6.45) is 4.05. The zero-order chi connectivity index (χ0) is 12.7. The molecule has 5 heteroatoms. The van der Waals surface area contributed by atoms with Crippen LogP contribution in [0.2, 0.25) is 0 Å². The molecule has 4 nitrogen and oxygen atoms in total. The Morgan fingerprint density at radius 1 is 1.39 bits per heavy atom. The third-order valence-electron chi connectivity index (χ3n) is 3.24. The fourth-order valence-electron chi connectivity index (χ4n) is 2.09. The number of amides is 1. The van der Waals surface area contributed by atoms with Crippen molar-refractivity contribution in [3.05, 3.63) is 5.73 Å². The SMILES string of the molecule is CC(C)CCCNC(=O)CN1CCC([NH-])CC1.[Rb+]. The van der Waals surface area contributed by atoms with Crippen molar-refractivity contribution in [3.63, 3.8) is 0 Å². The molecule has 0 aromatic heterocycles. The van der Waals surface area contributed by atoms with Crippen LogP contribution in [0.3, 0.4) is 0 Å². The minimum atomic E-state index is 0. The molecule has 0 saturated carbocycles. The van der Waals surface area contributed by atoms with E-state index < -0.39 is 0 Å². The summed E-state index contributed by atoms with van der Waals surface area (Å²) in [4.78, 5) is 13.8. The van der Waals surface area contributed by atoms with Crippen LogP contribution >= 0.6 is 0 Å². The Kier molecular flexibility index (Phi) is 11.6. The molecule has 0 aromatic rings. The molecule has 1 fully saturated rings. The maximum Gasteiger partial charge on any atom is 1.00 e. The van der Waals surface area contributed by atoms with Crippen LogP contribution in [0.1, 0.15) is 39.5 Å². The van der Waals surface area contributed by atoms with E-state index in [4.69, 9.17) is 5.73 Å². The second-order valence-electron chi connectivity index (χ2n) is 5.44. The Bertz CT molecular complexity index is 228. The summed E-state index contributed by atoms with van der Waals surface area (Å²) < 4.78 is 0. The third-order valence-corrected chi connectivity index (χ3v) is 3.24. The fraction of sp³-hybridized carbons (Fsp3) is 0.923. The summed E-state index contributed by atoms with van der Waals surface area (Å²) in [5, 5.41) is 2.97. The molecule has 1 rings (SSSR count). The molecule has 2 N–H and O–H groups in total. The van der Waals surface area contributed by atoms with Crippen molar-refractivity contribution in [2.75, 3.05) is 26.2 Å². The third kappa shape index (κ3) is 9.16. The van der Waals surface area contributed by atoms with E-state index in [-0.39, 0.29) is 70.1 Å². The van der Waals surface area contributed by atoms with E-state index in [1.54, 1.807) is 0 Å². The van der Waals surface area contributed by atoms with E-state index in [0.29, 0.717) is 12.5 Å². The van der Waals surface area contributed by atoms with E-state index in [1.165, 1.54) is 6.42 Å². The molecule has 0 radical (unpaired) electrons. The van der Waals surface area contributed by atoms with Crippen molar-refractivity contribution < 1.29 is 63.0 Å². The van der Waals surface area contributed by atoms with Crippen LogP contribution in [0, 0.1) is 5.92 Å². The Labute approximate surface area is 160 Å². The van der Waals surface area contributed by atoms with Gasteiger partial charge < -0.3 is 11.1 Å². The Balaban J connectivity index is 0.00000289. The number of nitrogens with one attached hydrogen (secondary N) is 2. The first-order chi connectivity index (χ1) is 8.08. The molecule has 0 aliphatic carbocycles. The summed E-state index contributed by atoms with van der Waals surface area (Å²) in [5.74, 6) is 0.847. The van der Waals surface area contributed by atoms with Gasteiger partial charge in [0.05, 0.1) is 6.54 Å². The van der Waals surface area contributed by atoms with Gasteiger partial charge in [-0.15, -0.1) is 6.04 Å². The summed E-state index contributed by atoms with van der Waals surface area (Å²) >= 11 is 0. The maximum absolute atomic E-state index is 11.6. The number of carbonyl (C=O) groups is 1. The molecule has 0 aromatic carbocycles. The van der Waals surface area contributed by atoms with Gasteiger partial charge in [-0.05, 0) is 31.8 Å². The number of nitrogens with zero attached hydrogens (tertiary/aromatic N) is 1. The van der Waals surface area contributed by atoms with Crippen molar-refractivity contribution >= 4 is 5.91 Å². The molecule has 1 saturated heterocycles. The molecule has 0 bridgehead atoms. The molecule has 0 atom stereocenters. The van der Waals surface area contributed by atoms with Crippen molar-refractivity contribution in [3.8, 4) is 0 Å². The van der Waals surface area contributed by atoms with Crippen LogP contribution in [-0.4, -0.2) is 43.0 Å². The van der Waals surface area contributed by atoms with Gasteiger partial charge in [-0.1, -0.05) is 26.7 Å². The first-order valence-corrected chi connectivity index (χ1v) is 6.78. The smallest absolute Gasteiger partial charge is 0.675 e. The summed E-state index contributed by atoms with van der Waals surface area (Å²) in [5.41, 5.74) is 7.59. The summed E-state index contributed by atoms with van der Waals surface area (Å²) in [6, 6.07) is 0.0837. The van der Waals surface area contributed by atoms with Crippen LogP contribution in [0.15, 0.2) is 0 Å². The van der Waals surface area contributed by atoms with Crippen molar-refractivity contribution in [1.82, 2.24) is 10.2 Å². The molecule has 1 heterocycles. The molecule has 0 unspecified atom stereocenters. The molecule has 0 spiro atoms. The fourth-order valence-corrected chi connectivity index (χ4v) is 2.09. The monoisotopic (exact) mass is 325 g/mol. The van der Waals surface area contributed by atoms with Crippen LogP contribution in [0.5, 0.6) is 0 Å². The zero-order valence-electron chi connectivity index (χ0n) is 12.2. The predicted octanol–water partition coefficient (Wildman–Crippen LogP) is -0.941. The average molecular weight is 326 g/mol. The van der Waals surface area contributed by atoms with Gasteiger partial charge in [0.2, 0.25) is 5.91 Å². The van der Waals surface area contributed by atoms with E-state index in [1.807, 2.05) is 0 Å². The molecule has 1 aliphatic heterocycles. The molecular formula is C13H26N3ORb. The van der Waals surface area contributed by atoms with Crippen LogP contribution < -0.4 is 63.5 Å². The van der Waals surface area contributed by atoms with E-state index >= 15 is 0 Å². The topological polar surface area (TPSA) is 56.1 Å². The summed E-state index contributed by atoms with van der Waals surface area (Å²) in [7, 11) is 0. The quantitative estimate of drug-likeness (QED) is 0.641.